The van der Waals surface area contributed by atoms with Crippen molar-refractivity contribution in [3.63, 3.8) is 0 Å². The lowest BCUT2D eigenvalue weighted by molar-refractivity contribution is 0.0950. The van der Waals surface area contributed by atoms with Crippen molar-refractivity contribution in [2.75, 3.05) is 0 Å². The molecule has 0 aliphatic heterocycles. The van der Waals surface area contributed by atoms with Crippen LogP contribution in [0.25, 0.3) is 11.5 Å². The number of benzene rings is 1. The average molecular weight is 294 g/mol. The van der Waals surface area contributed by atoms with Gasteiger partial charge in [0.2, 0.25) is 0 Å². The first-order valence-corrected chi connectivity index (χ1v) is 6.73. The van der Waals surface area contributed by atoms with Crippen LogP contribution < -0.4 is 5.43 Å². The van der Waals surface area contributed by atoms with E-state index in [4.69, 9.17) is 4.42 Å². The molecule has 0 unspecified atom stereocenters. The number of carbonyl (C=O) groups is 1. The number of aromatic nitrogens is 2. The summed E-state index contributed by atoms with van der Waals surface area (Å²) in [7, 11) is 0. The second-order valence-corrected chi connectivity index (χ2v) is 4.69. The van der Waals surface area contributed by atoms with Crippen molar-refractivity contribution in [3.8, 4) is 11.5 Å². The molecule has 1 amide bonds. The van der Waals surface area contributed by atoms with Gasteiger partial charge in [-0.15, -0.1) is 0 Å². The van der Waals surface area contributed by atoms with Gasteiger partial charge in [-0.3, -0.25) is 9.89 Å². The van der Waals surface area contributed by atoms with E-state index in [1.807, 2.05) is 49.4 Å². The monoisotopic (exact) mass is 294 g/mol. The fraction of sp³-hybridized carbons (Fsp3) is 0.0625. The number of carbonyl (C=O) groups excluding carboxylic acids is 1. The molecule has 110 valence electrons. The summed E-state index contributed by atoms with van der Waals surface area (Å²) in [5, 5.41) is 10.6. The van der Waals surface area contributed by atoms with Gasteiger partial charge >= 0.3 is 0 Å². The van der Waals surface area contributed by atoms with Gasteiger partial charge < -0.3 is 4.42 Å². The van der Waals surface area contributed by atoms with Gasteiger partial charge in [0, 0.05) is 6.07 Å². The van der Waals surface area contributed by atoms with Crippen molar-refractivity contribution >= 4 is 12.1 Å². The Bertz CT molecular complexity index is 802. The Balaban J connectivity index is 1.66. The number of hydrogen-bond donors (Lipinski definition) is 2. The van der Waals surface area contributed by atoms with Crippen LogP contribution in [-0.2, 0) is 0 Å². The number of aryl methyl sites for hydroxylation is 1. The van der Waals surface area contributed by atoms with Crippen LogP contribution in [-0.4, -0.2) is 22.3 Å². The predicted molar refractivity (Wildman–Crippen MR) is 82.5 cm³/mol. The quantitative estimate of drug-likeness (QED) is 0.573. The Morgan fingerprint density at radius 3 is 2.82 bits per heavy atom. The molecule has 22 heavy (non-hydrogen) atoms. The molecule has 2 aromatic heterocycles. The van der Waals surface area contributed by atoms with Crippen LogP contribution in [0.5, 0.6) is 0 Å². The topological polar surface area (TPSA) is 83.3 Å². The highest BCUT2D eigenvalue weighted by molar-refractivity contribution is 5.93. The molecule has 0 bridgehead atoms. The highest BCUT2D eigenvalue weighted by Crippen LogP contribution is 2.20. The zero-order chi connectivity index (χ0) is 15.4. The zero-order valence-corrected chi connectivity index (χ0v) is 11.9. The normalized spacial score (nSPS) is 11.0. The van der Waals surface area contributed by atoms with Gasteiger partial charge in [-0.2, -0.15) is 10.2 Å². The summed E-state index contributed by atoms with van der Waals surface area (Å²) in [4.78, 5) is 11.9. The largest absolute Gasteiger partial charge is 0.460 e. The average Bonchev–Trinajstić information content (AvgIpc) is 3.17. The Morgan fingerprint density at radius 1 is 1.27 bits per heavy atom. The summed E-state index contributed by atoms with van der Waals surface area (Å²) in [6.45, 7) is 1.85. The molecule has 0 saturated carbocycles. The van der Waals surface area contributed by atoms with Crippen LogP contribution in [0.3, 0.4) is 0 Å². The maximum atomic E-state index is 11.9. The summed E-state index contributed by atoms with van der Waals surface area (Å²) in [6.07, 6.45) is 1.57. The minimum Gasteiger partial charge on any atom is -0.460 e. The van der Waals surface area contributed by atoms with Gasteiger partial charge in [-0.1, -0.05) is 30.3 Å². The first-order chi connectivity index (χ1) is 10.7. The third-order valence-electron chi connectivity index (χ3n) is 3.00. The fourth-order valence-corrected chi connectivity index (χ4v) is 1.91. The summed E-state index contributed by atoms with van der Waals surface area (Å²) >= 11 is 0. The van der Waals surface area contributed by atoms with E-state index in [0.29, 0.717) is 11.5 Å². The van der Waals surface area contributed by atoms with Crippen molar-refractivity contribution in [3.05, 3.63) is 65.5 Å². The summed E-state index contributed by atoms with van der Waals surface area (Å²) < 4.78 is 5.47. The maximum Gasteiger partial charge on any atom is 0.291 e. The molecule has 0 fully saturated rings. The lowest BCUT2D eigenvalue weighted by atomic mass is 10.2. The second-order valence-electron chi connectivity index (χ2n) is 4.69. The van der Waals surface area contributed by atoms with E-state index in [1.165, 1.54) is 0 Å². The first kappa shape index (κ1) is 13.8. The molecular formula is C16H14N4O2. The highest BCUT2D eigenvalue weighted by atomic mass is 16.3. The highest BCUT2D eigenvalue weighted by Gasteiger charge is 2.12. The van der Waals surface area contributed by atoms with Crippen molar-refractivity contribution in [2.45, 2.75) is 6.92 Å². The molecule has 3 rings (SSSR count). The lowest BCUT2D eigenvalue weighted by Crippen LogP contribution is -2.17. The number of H-pyrrole nitrogens is 1. The molecule has 0 spiro atoms. The van der Waals surface area contributed by atoms with Crippen molar-refractivity contribution < 1.29 is 9.21 Å². The van der Waals surface area contributed by atoms with Crippen molar-refractivity contribution in [2.24, 2.45) is 5.10 Å². The summed E-state index contributed by atoms with van der Waals surface area (Å²) in [5.41, 5.74) is 4.22. The number of amides is 1. The molecule has 0 aliphatic rings. The molecule has 0 aliphatic carbocycles. The van der Waals surface area contributed by atoms with Gasteiger partial charge in [0.1, 0.15) is 11.5 Å². The molecule has 2 heterocycles. The number of rotatable bonds is 4. The Morgan fingerprint density at radius 2 is 2.09 bits per heavy atom. The minimum atomic E-state index is -0.391. The molecule has 3 aromatic rings. The second kappa shape index (κ2) is 6.09. The van der Waals surface area contributed by atoms with Gasteiger partial charge in [0.05, 0.1) is 6.21 Å². The third kappa shape index (κ3) is 3.12. The molecule has 1 aromatic carbocycles. The van der Waals surface area contributed by atoms with E-state index in [9.17, 15) is 4.79 Å². The van der Waals surface area contributed by atoms with E-state index in [-0.39, 0.29) is 5.69 Å². The number of nitrogens with one attached hydrogen (secondary N) is 2. The molecular weight excluding hydrogens is 280 g/mol. The maximum absolute atomic E-state index is 11.9. The molecule has 0 radical (unpaired) electrons. The Hall–Kier alpha value is -3.15. The Kier molecular flexibility index (Phi) is 3.82. The standard InChI is InChI=1S/C16H14N4O2/c1-11-7-8-15(22-11)13-9-14(19-18-13)16(21)20-17-10-12-5-3-2-4-6-12/h2-10H,1H3,(H,18,19)(H,20,21). The van der Waals surface area contributed by atoms with E-state index < -0.39 is 5.91 Å². The van der Waals surface area contributed by atoms with Crippen LogP contribution >= 0.6 is 0 Å². The SMILES string of the molecule is Cc1ccc(-c2cc(C(=O)NN=Cc3ccccc3)n[nH]2)o1. The van der Waals surface area contributed by atoms with E-state index >= 15 is 0 Å². The van der Waals surface area contributed by atoms with E-state index in [0.717, 1.165) is 11.3 Å². The molecule has 6 heteroatoms. The van der Waals surface area contributed by atoms with Crippen LogP contribution in [0.1, 0.15) is 21.8 Å². The fourth-order valence-electron chi connectivity index (χ4n) is 1.91. The minimum absolute atomic E-state index is 0.245. The Labute approximate surface area is 126 Å². The van der Waals surface area contributed by atoms with Gasteiger partial charge in [0.15, 0.2) is 11.5 Å². The first-order valence-electron chi connectivity index (χ1n) is 6.73. The smallest absolute Gasteiger partial charge is 0.291 e. The molecule has 6 nitrogen and oxygen atoms in total. The van der Waals surface area contributed by atoms with Crippen LogP contribution in [0, 0.1) is 6.92 Å². The predicted octanol–water partition coefficient (Wildman–Crippen LogP) is 2.74. The van der Waals surface area contributed by atoms with Crippen LogP contribution in [0.15, 0.2) is 58.0 Å². The number of hydrogen-bond acceptors (Lipinski definition) is 4. The lowest BCUT2D eigenvalue weighted by Gasteiger charge is -1.94. The van der Waals surface area contributed by atoms with Crippen LogP contribution in [0.4, 0.5) is 0 Å². The number of aromatic amines is 1. The van der Waals surface area contributed by atoms with E-state index in [2.05, 4.69) is 20.7 Å². The molecule has 2 N–H and O–H groups in total. The van der Waals surface area contributed by atoms with Crippen molar-refractivity contribution in [1.29, 1.82) is 0 Å². The number of furan rings is 1. The van der Waals surface area contributed by atoms with E-state index in [1.54, 1.807) is 12.3 Å². The summed E-state index contributed by atoms with van der Waals surface area (Å²) in [5.74, 6) is 1.04. The third-order valence-corrected chi connectivity index (χ3v) is 3.00. The van der Waals surface area contributed by atoms with Gasteiger partial charge in [0.25, 0.3) is 5.91 Å². The van der Waals surface area contributed by atoms with Gasteiger partial charge in [-0.25, -0.2) is 5.43 Å². The van der Waals surface area contributed by atoms with Crippen molar-refractivity contribution in [1.82, 2.24) is 15.6 Å². The van der Waals surface area contributed by atoms with Gasteiger partial charge in [-0.05, 0) is 24.6 Å². The number of hydrazone groups is 1. The zero-order valence-electron chi connectivity index (χ0n) is 11.9. The molecule has 0 saturated heterocycles. The summed E-state index contributed by atoms with van der Waals surface area (Å²) in [6, 6.07) is 14.8. The number of nitrogens with zero attached hydrogens (tertiary/aromatic N) is 2. The molecule has 0 atom stereocenters. The van der Waals surface area contributed by atoms with Crippen LogP contribution in [0.2, 0.25) is 0 Å².